The Kier molecular flexibility index (Phi) is 6.14. The SMILES string of the molecule is Cc1ccc(S(=O)(=O)n2cc(C)cc2CCCOCc2ccccc2)cc1. The molecule has 0 aliphatic heterocycles. The topological polar surface area (TPSA) is 48.3 Å². The molecule has 0 radical (unpaired) electrons. The van der Waals surface area contributed by atoms with Gasteiger partial charge < -0.3 is 4.74 Å². The standard InChI is InChI=1S/C22H25NO3S/c1-18-10-12-22(13-11-18)27(24,25)23-16-19(2)15-21(23)9-6-14-26-17-20-7-4-3-5-8-20/h3-5,7-8,10-13,15-16H,6,9,14,17H2,1-2H3. The molecule has 0 spiro atoms. The summed E-state index contributed by atoms with van der Waals surface area (Å²) in [5, 5.41) is 0. The highest BCUT2D eigenvalue weighted by Gasteiger charge is 2.19. The summed E-state index contributed by atoms with van der Waals surface area (Å²) in [7, 11) is -3.58. The highest BCUT2D eigenvalue weighted by Crippen LogP contribution is 2.20. The Morgan fingerprint density at radius 2 is 1.63 bits per heavy atom. The number of aryl methyl sites for hydroxylation is 3. The number of aromatic nitrogens is 1. The Morgan fingerprint density at radius 3 is 2.33 bits per heavy atom. The Bertz CT molecular complexity index is 974. The molecule has 4 nitrogen and oxygen atoms in total. The van der Waals surface area contributed by atoms with Crippen molar-refractivity contribution in [2.45, 2.75) is 38.2 Å². The first kappa shape index (κ1) is 19.4. The summed E-state index contributed by atoms with van der Waals surface area (Å²) >= 11 is 0. The third-order valence-corrected chi connectivity index (χ3v) is 6.13. The monoisotopic (exact) mass is 383 g/mol. The van der Waals surface area contributed by atoms with Gasteiger partial charge in [-0.3, -0.25) is 0 Å². The molecule has 0 unspecified atom stereocenters. The fraction of sp³-hybridized carbons (Fsp3) is 0.273. The van der Waals surface area contributed by atoms with Crippen LogP contribution in [-0.4, -0.2) is 19.0 Å². The minimum Gasteiger partial charge on any atom is -0.377 e. The first-order chi connectivity index (χ1) is 13.0. The van der Waals surface area contributed by atoms with Crippen molar-refractivity contribution in [3.05, 3.63) is 89.2 Å². The average Bonchev–Trinajstić information content (AvgIpc) is 3.04. The third kappa shape index (κ3) is 4.87. The predicted molar refractivity (Wildman–Crippen MR) is 107 cm³/mol. The van der Waals surface area contributed by atoms with Crippen molar-refractivity contribution in [1.29, 1.82) is 0 Å². The maximum Gasteiger partial charge on any atom is 0.267 e. The molecule has 5 heteroatoms. The molecule has 0 N–H and O–H groups in total. The van der Waals surface area contributed by atoms with Gasteiger partial charge in [0.05, 0.1) is 11.5 Å². The van der Waals surface area contributed by atoms with Crippen LogP contribution in [0.4, 0.5) is 0 Å². The van der Waals surface area contributed by atoms with E-state index in [0.29, 0.717) is 24.5 Å². The molecular formula is C22H25NO3S. The molecule has 0 aliphatic carbocycles. The zero-order chi connectivity index (χ0) is 19.3. The number of benzene rings is 2. The van der Waals surface area contributed by atoms with Crippen LogP contribution < -0.4 is 0 Å². The van der Waals surface area contributed by atoms with Crippen LogP contribution in [0, 0.1) is 13.8 Å². The molecule has 3 rings (SSSR count). The highest BCUT2D eigenvalue weighted by molar-refractivity contribution is 7.90. The Morgan fingerprint density at radius 1 is 0.926 bits per heavy atom. The first-order valence-electron chi connectivity index (χ1n) is 9.08. The van der Waals surface area contributed by atoms with Crippen LogP contribution >= 0.6 is 0 Å². The van der Waals surface area contributed by atoms with Gasteiger partial charge in [-0.15, -0.1) is 0 Å². The molecule has 0 atom stereocenters. The van der Waals surface area contributed by atoms with Crippen LogP contribution in [0.5, 0.6) is 0 Å². The second-order valence-electron chi connectivity index (χ2n) is 6.76. The molecule has 142 valence electrons. The van der Waals surface area contributed by atoms with Crippen LogP contribution in [0.15, 0.2) is 71.8 Å². The minimum absolute atomic E-state index is 0.310. The summed E-state index contributed by atoms with van der Waals surface area (Å²) < 4.78 is 33.1. The van der Waals surface area contributed by atoms with E-state index in [2.05, 4.69) is 0 Å². The lowest BCUT2D eigenvalue weighted by atomic mass is 10.2. The van der Waals surface area contributed by atoms with Gasteiger partial charge in [0.25, 0.3) is 10.0 Å². The summed E-state index contributed by atoms with van der Waals surface area (Å²) in [4.78, 5) is 0.310. The molecule has 0 saturated carbocycles. The van der Waals surface area contributed by atoms with Crippen LogP contribution in [0.2, 0.25) is 0 Å². The van der Waals surface area contributed by atoms with Crippen LogP contribution in [0.3, 0.4) is 0 Å². The van der Waals surface area contributed by atoms with E-state index in [-0.39, 0.29) is 0 Å². The van der Waals surface area contributed by atoms with Gasteiger partial charge in [0.15, 0.2) is 0 Å². The van der Waals surface area contributed by atoms with Gasteiger partial charge in [-0.25, -0.2) is 12.4 Å². The first-order valence-corrected chi connectivity index (χ1v) is 10.5. The molecule has 3 aromatic rings. The lowest BCUT2D eigenvalue weighted by molar-refractivity contribution is 0.118. The van der Waals surface area contributed by atoms with E-state index < -0.39 is 10.0 Å². The predicted octanol–water partition coefficient (Wildman–Crippen LogP) is 4.49. The van der Waals surface area contributed by atoms with Crippen LogP contribution in [-0.2, 0) is 27.8 Å². The van der Waals surface area contributed by atoms with E-state index >= 15 is 0 Å². The van der Waals surface area contributed by atoms with Gasteiger partial charge in [-0.1, -0.05) is 48.0 Å². The Balaban J connectivity index is 1.64. The van der Waals surface area contributed by atoms with Gasteiger partial charge >= 0.3 is 0 Å². The van der Waals surface area contributed by atoms with Crippen molar-refractivity contribution >= 4 is 10.0 Å². The normalized spacial score (nSPS) is 11.6. The third-order valence-electron chi connectivity index (χ3n) is 4.41. The molecule has 27 heavy (non-hydrogen) atoms. The van der Waals surface area contributed by atoms with E-state index in [0.717, 1.165) is 28.8 Å². The number of ether oxygens (including phenoxy) is 1. The summed E-state index contributed by atoms with van der Waals surface area (Å²) in [6.07, 6.45) is 3.10. The molecule has 0 amide bonds. The molecule has 1 heterocycles. The van der Waals surface area contributed by atoms with Gasteiger partial charge in [0.2, 0.25) is 0 Å². The lowest BCUT2D eigenvalue weighted by Gasteiger charge is -2.11. The Hall–Kier alpha value is -2.37. The largest absolute Gasteiger partial charge is 0.377 e. The van der Waals surface area contributed by atoms with Crippen molar-refractivity contribution in [2.75, 3.05) is 6.61 Å². The van der Waals surface area contributed by atoms with E-state index in [1.165, 1.54) is 3.97 Å². The van der Waals surface area contributed by atoms with Gasteiger partial charge in [0, 0.05) is 18.5 Å². The molecule has 0 aliphatic rings. The van der Waals surface area contributed by atoms with Crippen molar-refractivity contribution < 1.29 is 13.2 Å². The molecular weight excluding hydrogens is 358 g/mol. The van der Waals surface area contributed by atoms with Gasteiger partial charge in [0.1, 0.15) is 0 Å². The maximum absolute atomic E-state index is 13.0. The van der Waals surface area contributed by atoms with Gasteiger partial charge in [-0.05, 0) is 56.0 Å². The molecule has 0 saturated heterocycles. The highest BCUT2D eigenvalue weighted by atomic mass is 32.2. The molecule has 0 bridgehead atoms. The minimum atomic E-state index is -3.58. The second-order valence-corrected chi connectivity index (χ2v) is 8.58. The number of nitrogens with zero attached hydrogens (tertiary/aromatic N) is 1. The van der Waals surface area contributed by atoms with Crippen LogP contribution in [0.1, 0.15) is 28.8 Å². The maximum atomic E-state index is 13.0. The zero-order valence-corrected chi connectivity index (χ0v) is 16.6. The van der Waals surface area contributed by atoms with Gasteiger partial charge in [-0.2, -0.15) is 0 Å². The number of hydrogen-bond donors (Lipinski definition) is 0. The molecule has 0 fully saturated rings. The number of rotatable bonds is 8. The van der Waals surface area contributed by atoms with Crippen molar-refractivity contribution in [3.8, 4) is 0 Å². The van der Waals surface area contributed by atoms with Crippen molar-refractivity contribution in [3.63, 3.8) is 0 Å². The van der Waals surface area contributed by atoms with E-state index in [4.69, 9.17) is 4.74 Å². The molecule has 2 aromatic carbocycles. The smallest absolute Gasteiger partial charge is 0.267 e. The molecule has 1 aromatic heterocycles. The summed E-state index contributed by atoms with van der Waals surface area (Å²) in [5.74, 6) is 0. The number of hydrogen-bond acceptors (Lipinski definition) is 3. The summed E-state index contributed by atoms with van der Waals surface area (Å²) in [6, 6.07) is 18.9. The summed E-state index contributed by atoms with van der Waals surface area (Å²) in [5.41, 5.74) is 3.90. The van der Waals surface area contributed by atoms with E-state index in [1.54, 1.807) is 18.3 Å². The van der Waals surface area contributed by atoms with Crippen molar-refractivity contribution in [1.82, 2.24) is 3.97 Å². The quantitative estimate of drug-likeness (QED) is 0.539. The Labute approximate surface area is 161 Å². The zero-order valence-electron chi connectivity index (χ0n) is 15.8. The van der Waals surface area contributed by atoms with E-state index in [9.17, 15) is 8.42 Å². The van der Waals surface area contributed by atoms with Crippen LogP contribution in [0.25, 0.3) is 0 Å². The van der Waals surface area contributed by atoms with E-state index in [1.807, 2.05) is 62.4 Å². The fourth-order valence-corrected chi connectivity index (χ4v) is 4.45. The second kappa shape index (κ2) is 8.55. The summed E-state index contributed by atoms with van der Waals surface area (Å²) in [6.45, 7) is 5.01. The lowest BCUT2D eigenvalue weighted by Crippen LogP contribution is -2.15. The fourth-order valence-electron chi connectivity index (χ4n) is 2.98. The average molecular weight is 384 g/mol. The van der Waals surface area contributed by atoms with Crippen molar-refractivity contribution in [2.24, 2.45) is 0 Å².